The summed E-state index contributed by atoms with van der Waals surface area (Å²) in [5.41, 5.74) is 1.49. The summed E-state index contributed by atoms with van der Waals surface area (Å²) < 4.78 is 13.8. The highest BCUT2D eigenvalue weighted by atomic mass is 19.1. The first-order valence-electron chi connectivity index (χ1n) is 9.60. The van der Waals surface area contributed by atoms with Crippen LogP contribution in [0.3, 0.4) is 0 Å². The van der Waals surface area contributed by atoms with Gasteiger partial charge in [0.15, 0.2) is 5.96 Å². The largest absolute Gasteiger partial charge is 0.357 e. The molecule has 1 amide bonds. The first-order chi connectivity index (χ1) is 12.5. The number of benzene rings is 1. The average molecular weight is 362 g/mol. The van der Waals surface area contributed by atoms with E-state index < -0.39 is 0 Å². The summed E-state index contributed by atoms with van der Waals surface area (Å²) in [4.78, 5) is 16.5. The molecule has 0 spiro atoms. The molecule has 3 N–H and O–H groups in total. The van der Waals surface area contributed by atoms with Crippen LogP contribution in [0.15, 0.2) is 23.2 Å². The summed E-state index contributed by atoms with van der Waals surface area (Å²) in [5, 5.41) is 9.51. The van der Waals surface area contributed by atoms with E-state index in [0.717, 1.165) is 24.9 Å². The van der Waals surface area contributed by atoms with Gasteiger partial charge in [0.05, 0.1) is 12.6 Å². The van der Waals surface area contributed by atoms with Crippen LogP contribution < -0.4 is 16.0 Å². The lowest BCUT2D eigenvalue weighted by Crippen LogP contribution is -2.39. The Bertz CT molecular complexity index is 626. The molecule has 0 aromatic heterocycles. The average Bonchev–Trinajstić information content (AvgIpc) is 3.10. The van der Waals surface area contributed by atoms with Crippen LogP contribution >= 0.6 is 0 Å². The van der Waals surface area contributed by atoms with Crippen LogP contribution in [0.4, 0.5) is 4.39 Å². The Kier molecular flexibility index (Phi) is 7.88. The molecular formula is C20H31FN4O. The van der Waals surface area contributed by atoms with E-state index in [1.54, 1.807) is 19.1 Å². The maximum atomic E-state index is 13.8. The number of aliphatic imine (C=N–C) groups is 1. The zero-order valence-corrected chi connectivity index (χ0v) is 16.1. The summed E-state index contributed by atoms with van der Waals surface area (Å²) in [6.45, 7) is 6.83. The fourth-order valence-corrected chi connectivity index (χ4v) is 3.13. The van der Waals surface area contributed by atoms with Gasteiger partial charge in [-0.1, -0.05) is 25.0 Å². The van der Waals surface area contributed by atoms with Gasteiger partial charge < -0.3 is 16.0 Å². The van der Waals surface area contributed by atoms with E-state index in [0.29, 0.717) is 30.5 Å². The van der Waals surface area contributed by atoms with Crippen molar-refractivity contribution in [2.45, 2.75) is 65.0 Å². The van der Waals surface area contributed by atoms with Gasteiger partial charge in [0.25, 0.3) is 0 Å². The second-order valence-corrected chi connectivity index (χ2v) is 6.93. The van der Waals surface area contributed by atoms with Crippen molar-refractivity contribution < 1.29 is 9.18 Å². The number of aryl methyl sites for hydroxylation is 1. The zero-order chi connectivity index (χ0) is 18.9. The van der Waals surface area contributed by atoms with Gasteiger partial charge in [0.1, 0.15) is 5.82 Å². The molecule has 5 nitrogen and oxygen atoms in total. The molecule has 1 aromatic carbocycles. The van der Waals surface area contributed by atoms with Gasteiger partial charge in [0, 0.05) is 19.0 Å². The molecule has 0 radical (unpaired) electrons. The standard InChI is InChI=1S/C20H31FN4O/c1-4-22-20(23-12-11-19(26)25-17-7-5-6-8-17)24-15(3)16-10-9-14(2)18(21)13-16/h9-10,13,15,17H,4-8,11-12H2,1-3H3,(H,25,26)(H2,22,23,24). The molecule has 1 saturated carbocycles. The summed E-state index contributed by atoms with van der Waals surface area (Å²) in [6.07, 6.45) is 4.96. The molecule has 1 atom stereocenters. The Hall–Kier alpha value is -2.11. The number of amides is 1. The van der Waals surface area contributed by atoms with Crippen molar-refractivity contribution in [3.63, 3.8) is 0 Å². The molecule has 1 aromatic rings. The van der Waals surface area contributed by atoms with Gasteiger partial charge in [-0.3, -0.25) is 9.79 Å². The predicted molar refractivity (Wildman–Crippen MR) is 104 cm³/mol. The highest BCUT2D eigenvalue weighted by Crippen LogP contribution is 2.18. The zero-order valence-electron chi connectivity index (χ0n) is 16.1. The number of nitrogens with one attached hydrogen (secondary N) is 3. The van der Waals surface area contributed by atoms with Crippen molar-refractivity contribution in [1.29, 1.82) is 0 Å². The topological polar surface area (TPSA) is 65.5 Å². The molecule has 0 aliphatic heterocycles. The minimum absolute atomic E-state index is 0.0603. The number of carbonyl (C=O) groups excluding carboxylic acids is 1. The first kappa shape index (κ1) is 20.2. The van der Waals surface area contributed by atoms with Gasteiger partial charge in [-0.25, -0.2) is 4.39 Å². The number of carbonyl (C=O) groups is 1. The number of guanidine groups is 1. The van der Waals surface area contributed by atoms with Crippen molar-refractivity contribution in [3.05, 3.63) is 35.1 Å². The molecular weight excluding hydrogens is 331 g/mol. The second-order valence-electron chi connectivity index (χ2n) is 6.93. The van der Waals surface area contributed by atoms with E-state index >= 15 is 0 Å². The molecule has 1 unspecified atom stereocenters. The second kappa shape index (κ2) is 10.1. The normalized spacial score (nSPS) is 16.4. The minimum Gasteiger partial charge on any atom is -0.357 e. The maximum absolute atomic E-state index is 13.8. The molecule has 26 heavy (non-hydrogen) atoms. The van der Waals surface area contributed by atoms with Crippen LogP contribution in [-0.2, 0) is 4.79 Å². The summed E-state index contributed by atoms with van der Waals surface area (Å²) in [7, 11) is 0. The Morgan fingerprint density at radius 2 is 2.08 bits per heavy atom. The van der Waals surface area contributed by atoms with Crippen LogP contribution in [-0.4, -0.2) is 31.0 Å². The lowest BCUT2D eigenvalue weighted by Gasteiger charge is -2.18. The number of hydrogen-bond donors (Lipinski definition) is 3. The van der Waals surface area contributed by atoms with Crippen LogP contribution in [0.2, 0.25) is 0 Å². The van der Waals surface area contributed by atoms with Gasteiger partial charge in [-0.2, -0.15) is 0 Å². The monoisotopic (exact) mass is 362 g/mol. The molecule has 6 heteroatoms. The molecule has 0 bridgehead atoms. The van der Waals surface area contributed by atoms with E-state index in [4.69, 9.17) is 0 Å². The fraction of sp³-hybridized carbons (Fsp3) is 0.600. The third-order valence-electron chi connectivity index (χ3n) is 4.72. The number of nitrogens with zero attached hydrogens (tertiary/aromatic N) is 1. The van der Waals surface area contributed by atoms with Crippen molar-refractivity contribution in [2.24, 2.45) is 4.99 Å². The number of hydrogen-bond acceptors (Lipinski definition) is 2. The smallest absolute Gasteiger partial charge is 0.222 e. The van der Waals surface area contributed by atoms with E-state index in [2.05, 4.69) is 20.9 Å². The van der Waals surface area contributed by atoms with Crippen LogP contribution in [0.1, 0.15) is 63.1 Å². The Morgan fingerprint density at radius 3 is 2.73 bits per heavy atom. The highest BCUT2D eigenvalue weighted by Gasteiger charge is 2.16. The van der Waals surface area contributed by atoms with Gasteiger partial charge >= 0.3 is 0 Å². The minimum atomic E-state index is -0.207. The van der Waals surface area contributed by atoms with E-state index in [-0.39, 0.29) is 17.8 Å². The molecule has 0 heterocycles. The number of halogens is 1. The summed E-state index contributed by atoms with van der Waals surface area (Å²) in [6, 6.07) is 5.49. The third kappa shape index (κ3) is 6.32. The lowest BCUT2D eigenvalue weighted by molar-refractivity contribution is -0.121. The Labute approximate surface area is 155 Å². The summed E-state index contributed by atoms with van der Waals surface area (Å²) in [5.74, 6) is 0.487. The Morgan fingerprint density at radius 1 is 1.35 bits per heavy atom. The maximum Gasteiger partial charge on any atom is 0.222 e. The van der Waals surface area contributed by atoms with Crippen molar-refractivity contribution >= 4 is 11.9 Å². The van der Waals surface area contributed by atoms with Crippen LogP contribution in [0, 0.1) is 12.7 Å². The highest BCUT2D eigenvalue weighted by molar-refractivity contribution is 5.81. The SMILES string of the molecule is CCNC(=NCCC(=O)NC1CCCC1)NC(C)c1ccc(C)c(F)c1. The molecule has 1 fully saturated rings. The molecule has 1 aliphatic rings. The summed E-state index contributed by atoms with van der Waals surface area (Å²) >= 11 is 0. The van der Waals surface area contributed by atoms with Crippen molar-refractivity contribution in [2.75, 3.05) is 13.1 Å². The van der Waals surface area contributed by atoms with E-state index in [1.807, 2.05) is 19.9 Å². The first-order valence-corrected chi connectivity index (χ1v) is 9.60. The van der Waals surface area contributed by atoms with E-state index in [1.165, 1.54) is 12.8 Å². The predicted octanol–water partition coefficient (Wildman–Crippen LogP) is 3.20. The van der Waals surface area contributed by atoms with Crippen LogP contribution in [0.5, 0.6) is 0 Å². The van der Waals surface area contributed by atoms with Gasteiger partial charge in [-0.15, -0.1) is 0 Å². The third-order valence-corrected chi connectivity index (χ3v) is 4.72. The molecule has 2 rings (SSSR count). The molecule has 1 aliphatic carbocycles. The van der Waals surface area contributed by atoms with Crippen molar-refractivity contribution in [3.8, 4) is 0 Å². The van der Waals surface area contributed by atoms with Crippen molar-refractivity contribution in [1.82, 2.24) is 16.0 Å². The lowest BCUT2D eigenvalue weighted by atomic mass is 10.1. The molecule has 0 saturated heterocycles. The van der Waals surface area contributed by atoms with Crippen LogP contribution in [0.25, 0.3) is 0 Å². The van der Waals surface area contributed by atoms with Gasteiger partial charge in [-0.05, 0) is 50.8 Å². The van der Waals surface area contributed by atoms with E-state index in [9.17, 15) is 9.18 Å². The molecule has 144 valence electrons. The quantitative estimate of drug-likeness (QED) is 0.515. The Balaban J connectivity index is 1.86. The number of rotatable bonds is 7. The van der Waals surface area contributed by atoms with Gasteiger partial charge in [0.2, 0.25) is 5.91 Å². The fourth-order valence-electron chi connectivity index (χ4n) is 3.13.